The number of hydrogen-bond acceptors (Lipinski definition) is 3. The van der Waals surface area contributed by atoms with E-state index in [2.05, 4.69) is 10.2 Å². The third kappa shape index (κ3) is 2.45. The van der Waals surface area contributed by atoms with Gasteiger partial charge in [0.25, 0.3) is 5.91 Å². The first-order valence-electron chi connectivity index (χ1n) is 6.89. The average Bonchev–Trinajstić information content (AvgIpc) is 3.11. The number of likely N-dealkylation sites (tertiary alicyclic amines) is 1. The topological polar surface area (TPSA) is 32.3 Å². The maximum Gasteiger partial charge on any atom is 0.254 e. The fourth-order valence-corrected chi connectivity index (χ4v) is 3.84. The molecule has 1 aromatic rings. The predicted molar refractivity (Wildman–Crippen MR) is 74.0 cm³/mol. The predicted octanol–water partition coefficient (Wildman–Crippen LogP) is 2.35. The second kappa shape index (κ2) is 5.41. The van der Waals surface area contributed by atoms with Crippen molar-refractivity contribution >= 4 is 17.2 Å². The molecule has 98 valence electrons. The molecule has 2 unspecified atom stereocenters. The highest BCUT2D eigenvalue weighted by molar-refractivity contribution is 7.08. The largest absolute Gasteiger partial charge is 0.338 e. The first-order chi connectivity index (χ1) is 8.84. The van der Waals surface area contributed by atoms with Crippen LogP contribution in [0.2, 0.25) is 0 Å². The summed E-state index contributed by atoms with van der Waals surface area (Å²) in [5.74, 6) is 0.878. The second-order valence-electron chi connectivity index (χ2n) is 5.37. The lowest BCUT2D eigenvalue weighted by Gasteiger charge is -2.35. The molecule has 2 aliphatic heterocycles. The highest BCUT2D eigenvalue weighted by atomic mass is 32.1. The molecule has 0 aliphatic carbocycles. The molecule has 0 aromatic carbocycles. The van der Waals surface area contributed by atoms with Crippen molar-refractivity contribution in [2.75, 3.05) is 19.6 Å². The molecule has 0 bridgehead atoms. The van der Waals surface area contributed by atoms with Crippen molar-refractivity contribution in [1.29, 1.82) is 0 Å². The van der Waals surface area contributed by atoms with E-state index >= 15 is 0 Å². The van der Waals surface area contributed by atoms with Gasteiger partial charge < -0.3 is 10.2 Å². The molecule has 2 atom stereocenters. The van der Waals surface area contributed by atoms with Gasteiger partial charge in [0.15, 0.2) is 0 Å². The van der Waals surface area contributed by atoms with E-state index in [1.165, 1.54) is 19.3 Å². The summed E-state index contributed by atoms with van der Waals surface area (Å²) < 4.78 is 0. The molecule has 18 heavy (non-hydrogen) atoms. The maximum atomic E-state index is 12.3. The number of amides is 1. The molecule has 0 radical (unpaired) electrons. The molecular weight excluding hydrogens is 244 g/mol. The standard InChI is InChI=1S/C14H20N2OS/c17-14(12-5-8-18-10-12)16-7-2-3-11(9-16)13-4-1-6-15-13/h5,8,10-11,13,15H,1-4,6-7,9H2. The molecule has 1 amide bonds. The van der Waals surface area contributed by atoms with Crippen molar-refractivity contribution in [1.82, 2.24) is 10.2 Å². The van der Waals surface area contributed by atoms with Gasteiger partial charge in [-0.25, -0.2) is 0 Å². The molecule has 1 N–H and O–H groups in total. The summed E-state index contributed by atoms with van der Waals surface area (Å²) in [5, 5.41) is 7.52. The summed E-state index contributed by atoms with van der Waals surface area (Å²) in [6, 6.07) is 2.58. The third-order valence-corrected chi connectivity index (χ3v) is 4.86. The van der Waals surface area contributed by atoms with Crippen LogP contribution in [0.4, 0.5) is 0 Å². The van der Waals surface area contributed by atoms with Gasteiger partial charge in [-0.2, -0.15) is 11.3 Å². The van der Waals surface area contributed by atoms with Gasteiger partial charge in [0.1, 0.15) is 0 Å². The van der Waals surface area contributed by atoms with Crippen LogP contribution in [-0.2, 0) is 0 Å². The monoisotopic (exact) mass is 264 g/mol. The Balaban J connectivity index is 1.64. The van der Waals surface area contributed by atoms with Crippen LogP contribution in [0.1, 0.15) is 36.0 Å². The first-order valence-corrected chi connectivity index (χ1v) is 7.84. The van der Waals surface area contributed by atoms with Crippen molar-refractivity contribution in [3.05, 3.63) is 22.4 Å². The summed E-state index contributed by atoms with van der Waals surface area (Å²) in [5.41, 5.74) is 0.861. The minimum Gasteiger partial charge on any atom is -0.338 e. The summed E-state index contributed by atoms with van der Waals surface area (Å²) in [6.07, 6.45) is 4.99. The van der Waals surface area contributed by atoms with Crippen LogP contribution in [0.15, 0.2) is 16.8 Å². The molecule has 4 heteroatoms. The Morgan fingerprint density at radius 1 is 1.39 bits per heavy atom. The number of carbonyl (C=O) groups excluding carboxylic acids is 1. The molecule has 3 nitrogen and oxygen atoms in total. The Morgan fingerprint density at radius 2 is 2.33 bits per heavy atom. The van der Waals surface area contributed by atoms with Crippen LogP contribution >= 0.6 is 11.3 Å². The highest BCUT2D eigenvalue weighted by Crippen LogP contribution is 2.25. The highest BCUT2D eigenvalue weighted by Gasteiger charge is 2.31. The lowest BCUT2D eigenvalue weighted by atomic mass is 9.89. The lowest BCUT2D eigenvalue weighted by molar-refractivity contribution is 0.0651. The fourth-order valence-electron chi connectivity index (χ4n) is 3.21. The fraction of sp³-hybridized carbons (Fsp3) is 0.643. The average molecular weight is 264 g/mol. The summed E-state index contributed by atoms with van der Waals surface area (Å²) in [7, 11) is 0. The van der Waals surface area contributed by atoms with E-state index in [4.69, 9.17) is 0 Å². The zero-order valence-corrected chi connectivity index (χ0v) is 11.4. The van der Waals surface area contributed by atoms with E-state index in [0.717, 1.165) is 31.6 Å². The van der Waals surface area contributed by atoms with E-state index in [1.807, 2.05) is 16.8 Å². The molecule has 2 saturated heterocycles. The van der Waals surface area contributed by atoms with Crippen LogP contribution in [0.3, 0.4) is 0 Å². The maximum absolute atomic E-state index is 12.3. The minimum atomic E-state index is 0.221. The summed E-state index contributed by atoms with van der Waals surface area (Å²) in [4.78, 5) is 14.4. The molecular formula is C14H20N2OS. The summed E-state index contributed by atoms with van der Waals surface area (Å²) >= 11 is 1.60. The Labute approximate surface area is 112 Å². The number of carbonyl (C=O) groups is 1. The SMILES string of the molecule is O=C(c1ccsc1)N1CCCC(C2CCCN2)C1. The van der Waals surface area contributed by atoms with Gasteiger partial charge in [0.2, 0.25) is 0 Å². The quantitative estimate of drug-likeness (QED) is 0.889. The number of rotatable bonds is 2. The van der Waals surface area contributed by atoms with Crippen molar-refractivity contribution in [2.45, 2.75) is 31.7 Å². The number of piperidine rings is 1. The Morgan fingerprint density at radius 3 is 3.06 bits per heavy atom. The van der Waals surface area contributed by atoms with Crippen LogP contribution in [0.5, 0.6) is 0 Å². The zero-order chi connectivity index (χ0) is 12.4. The number of hydrogen-bond donors (Lipinski definition) is 1. The van der Waals surface area contributed by atoms with Crippen molar-refractivity contribution in [2.24, 2.45) is 5.92 Å². The van der Waals surface area contributed by atoms with Crippen molar-refractivity contribution < 1.29 is 4.79 Å². The van der Waals surface area contributed by atoms with Gasteiger partial charge in [0.05, 0.1) is 5.56 Å². The van der Waals surface area contributed by atoms with Gasteiger partial charge in [0, 0.05) is 24.5 Å². The van der Waals surface area contributed by atoms with Crippen molar-refractivity contribution in [3.63, 3.8) is 0 Å². The number of nitrogens with one attached hydrogen (secondary N) is 1. The van der Waals surface area contributed by atoms with Crippen molar-refractivity contribution in [3.8, 4) is 0 Å². The smallest absolute Gasteiger partial charge is 0.254 e. The number of nitrogens with zero attached hydrogens (tertiary/aromatic N) is 1. The third-order valence-electron chi connectivity index (χ3n) is 4.18. The molecule has 0 saturated carbocycles. The summed E-state index contributed by atoms with van der Waals surface area (Å²) in [6.45, 7) is 3.02. The van der Waals surface area contributed by atoms with E-state index in [9.17, 15) is 4.79 Å². The van der Waals surface area contributed by atoms with Crippen LogP contribution in [0.25, 0.3) is 0 Å². The van der Waals surface area contributed by atoms with Gasteiger partial charge in [-0.3, -0.25) is 4.79 Å². The zero-order valence-electron chi connectivity index (χ0n) is 10.6. The number of thiophene rings is 1. The van der Waals surface area contributed by atoms with Gasteiger partial charge in [-0.1, -0.05) is 0 Å². The first kappa shape index (κ1) is 12.2. The van der Waals surface area contributed by atoms with Gasteiger partial charge >= 0.3 is 0 Å². The Kier molecular flexibility index (Phi) is 3.66. The van der Waals surface area contributed by atoms with E-state index in [0.29, 0.717) is 12.0 Å². The Hall–Kier alpha value is -0.870. The lowest BCUT2D eigenvalue weighted by Crippen LogP contribution is -2.45. The van der Waals surface area contributed by atoms with Crippen LogP contribution in [0, 0.1) is 5.92 Å². The second-order valence-corrected chi connectivity index (χ2v) is 6.15. The van der Waals surface area contributed by atoms with Crippen LogP contribution < -0.4 is 5.32 Å². The molecule has 3 heterocycles. The molecule has 2 aliphatic rings. The van der Waals surface area contributed by atoms with E-state index < -0.39 is 0 Å². The molecule has 2 fully saturated rings. The van der Waals surface area contributed by atoms with E-state index in [-0.39, 0.29) is 5.91 Å². The van der Waals surface area contributed by atoms with E-state index in [1.54, 1.807) is 11.3 Å². The molecule has 1 aromatic heterocycles. The Bertz CT molecular complexity index is 398. The molecule has 3 rings (SSSR count). The van der Waals surface area contributed by atoms with Gasteiger partial charge in [-0.05, 0) is 49.6 Å². The minimum absolute atomic E-state index is 0.221. The normalized spacial score (nSPS) is 28.6. The molecule has 0 spiro atoms. The van der Waals surface area contributed by atoms with Gasteiger partial charge in [-0.15, -0.1) is 0 Å². The van der Waals surface area contributed by atoms with Crippen LogP contribution in [-0.4, -0.2) is 36.5 Å².